The van der Waals surface area contributed by atoms with Gasteiger partial charge in [-0.1, -0.05) is 24.3 Å². The minimum Gasteiger partial charge on any atom is -0.324 e. The predicted octanol–water partition coefficient (Wildman–Crippen LogP) is 2.34. The summed E-state index contributed by atoms with van der Waals surface area (Å²) in [5.74, 6) is 0.548. The highest BCUT2D eigenvalue weighted by Crippen LogP contribution is 2.53. The highest BCUT2D eigenvalue weighted by Gasteiger charge is 2.37. The second-order valence-corrected chi connectivity index (χ2v) is 6.62. The standard InChI is InChI=1S/C20H20N2O2/c21-9-19(23)11-1-3-13-15-5-6-16(17(13)7-11)14-4-2-12(8-18(14)15)20(24)10-22/h1-4,7-8,15-16H,5-6,9-10,21-22H2. The Bertz CT molecular complexity index is 785. The largest absolute Gasteiger partial charge is 0.324 e. The normalized spacial score (nSPS) is 20.4. The third-order valence-corrected chi connectivity index (χ3v) is 5.43. The Kier molecular flexibility index (Phi) is 3.59. The molecule has 0 saturated heterocycles. The van der Waals surface area contributed by atoms with Crippen LogP contribution in [0, 0.1) is 0 Å². The minimum absolute atomic E-state index is 0.0247. The quantitative estimate of drug-likeness (QED) is 0.847. The molecule has 4 heteroatoms. The van der Waals surface area contributed by atoms with Crippen molar-refractivity contribution < 1.29 is 9.59 Å². The van der Waals surface area contributed by atoms with Gasteiger partial charge < -0.3 is 11.5 Å². The summed E-state index contributed by atoms with van der Waals surface area (Å²) in [6, 6.07) is 11.9. The highest BCUT2D eigenvalue weighted by molar-refractivity contribution is 5.98. The average molecular weight is 320 g/mol. The third kappa shape index (κ3) is 2.14. The molecule has 4 N–H and O–H groups in total. The van der Waals surface area contributed by atoms with E-state index in [-0.39, 0.29) is 24.7 Å². The number of hydrogen-bond donors (Lipinski definition) is 2. The number of rotatable bonds is 4. The van der Waals surface area contributed by atoms with Crippen LogP contribution in [-0.2, 0) is 0 Å². The molecule has 3 aliphatic carbocycles. The van der Waals surface area contributed by atoms with Crippen LogP contribution in [0.1, 0.15) is 67.6 Å². The number of fused-ring (bicyclic) bond motifs is 1. The van der Waals surface area contributed by atoms with E-state index in [9.17, 15) is 9.59 Å². The monoisotopic (exact) mass is 320 g/mol. The zero-order valence-electron chi connectivity index (χ0n) is 13.4. The van der Waals surface area contributed by atoms with Gasteiger partial charge in [-0.25, -0.2) is 0 Å². The Balaban J connectivity index is 1.82. The van der Waals surface area contributed by atoms with Gasteiger partial charge in [0.25, 0.3) is 0 Å². The molecule has 0 saturated carbocycles. The van der Waals surface area contributed by atoms with Crippen molar-refractivity contribution in [3.63, 3.8) is 0 Å². The summed E-state index contributed by atoms with van der Waals surface area (Å²) < 4.78 is 0. The molecular weight excluding hydrogens is 300 g/mol. The van der Waals surface area contributed by atoms with E-state index in [1.54, 1.807) is 0 Å². The number of benzene rings is 2. The first-order valence-corrected chi connectivity index (χ1v) is 8.38. The molecular formula is C20H20N2O2. The van der Waals surface area contributed by atoms with Gasteiger partial charge in [0.05, 0.1) is 13.1 Å². The lowest BCUT2D eigenvalue weighted by atomic mass is 9.63. The lowest BCUT2D eigenvalue weighted by Gasteiger charge is -2.40. The Hall–Kier alpha value is -2.30. The molecule has 4 nitrogen and oxygen atoms in total. The van der Waals surface area contributed by atoms with Crippen LogP contribution in [0.2, 0.25) is 0 Å². The van der Waals surface area contributed by atoms with E-state index in [0.29, 0.717) is 23.0 Å². The number of carbonyl (C=O) groups excluding carboxylic acids is 2. The summed E-state index contributed by atoms with van der Waals surface area (Å²) in [6.07, 6.45) is 2.16. The van der Waals surface area contributed by atoms with Crippen molar-refractivity contribution >= 4 is 11.6 Å². The first-order chi connectivity index (χ1) is 11.6. The van der Waals surface area contributed by atoms with Crippen LogP contribution in [0.3, 0.4) is 0 Å². The molecule has 2 atom stereocenters. The molecule has 0 aromatic heterocycles. The maximum absolute atomic E-state index is 11.9. The summed E-state index contributed by atoms with van der Waals surface area (Å²) in [5, 5.41) is 0. The van der Waals surface area contributed by atoms with Crippen LogP contribution in [0.15, 0.2) is 36.4 Å². The van der Waals surface area contributed by atoms with Crippen LogP contribution >= 0.6 is 0 Å². The number of ketones is 2. The van der Waals surface area contributed by atoms with Crippen LogP contribution in [-0.4, -0.2) is 24.7 Å². The van der Waals surface area contributed by atoms with Gasteiger partial charge in [0, 0.05) is 23.0 Å². The van der Waals surface area contributed by atoms with Gasteiger partial charge in [-0.3, -0.25) is 9.59 Å². The van der Waals surface area contributed by atoms with Gasteiger partial charge in [-0.15, -0.1) is 0 Å². The summed E-state index contributed by atoms with van der Waals surface area (Å²) in [5.41, 5.74) is 17.4. The molecule has 2 unspecified atom stereocenters. The molecule has 3 aliphatic rings. The van der Waals surface area contributed by atoms with Crippen molar-refractivity contribution in [2.24, 2.45) is 11.5 Å². The molecule has 0 fully saturated rings. The summed E-state index contributed by atoms with van der Waals surface area (Å²) in [7, 11) is 0. The van der Waals surface area contributed by atoms with Crippen molar-refractivity contribution in [1.82, 2.24) is 0 Å². The molecule has 2 aromatic carbocycles. The Morgan fingerprint density at radius 1 is 0.750 bits per heavy atom. The summed E-state index contributed by atoms with van der Waals surface area (Å²) in [6.45, 7) is 0.0715. The average Bonchev–Trinajstić information content (AvgIpc) is 2.66. The third-order valence-electron chi connectivity index (χ3n) is 5.43. The van der Waals surface area contributed by atoms with E-state index in [1.807, 2.05) is 24.3 Å². The first kappa shape index (κ1) is 15.2. The molecule has 2 bridgehead atoms. The van der Waals surface area contributed by atoms with Gasteiger partial charge in [0.2, 0.25) is 0 Å². The van der Waals surface area contributed by atoms with Gasteiger partial charge in [-0.2, -0.15) is 0 Å². The minimum atomic E-state index is -0.0247. The fraction of sp³-hybridized carbons (Fsp3) is 0.300. The van der Waals surface area contributed by atoms with Crippen LogP contribution in [0.25, 0.3) is 0 Å². The van der Waals surface area contributed by atoms with Gasteiger partial charge in [0.15, 0.2) is 11.6 Å². The van der Waals surface area contributed by atoms with Crippen LogP contribution in [0.4, 0.5) is 0 Å². The number of carbonyl (C=O) groups is 2. The van der Waals surface area contributed by atoms with Crippen molar-refractivity contribution in [2.45, 2.75) is 24.7 Å². The first-order valence-electron chi connectivity index (χ1n) is 8.38. The van der Waals surface area contributed by atoms with E-state index < -0.39 is 0 Å². The van der Waals surface area contributed by atoms with E-state index in [1.165, 1.54) is 22.3 Å². The van der Waals surface area contributed by atoms with Gasteiger partial charge in [0.1, 0.15) is 0 Å². The fourth-order valence-electron chi connectivity index (χ4n) is 4.26. The molecule has 2 aromatic rings. The summed E-state index contributed by atoms with van der Waals surface area (Å²) >= 11 is 0. The summed E-state index contributed by atoms with van der Waals surface area (Å²) in [4.78, 5) is 23.9. The molecule has 0 aliphatic heterocycles. The molecule has 0 radical (unpaired) electrons. The highest BCUT2D eigenvalue weighted by atomic mass is 16.1. The lowest BCUT2D eigenvalue weighted by Crippen LogP contribution is -2.26. The van der Waals surface area contributed by atoms with Gasteiger partial charge >= 0.3 is 0 Å². The molecule has 0 heterocycles. The number of hydrogen-bond acceptors (Lipinski definition) is 4. The van der Waals surface area contributed by atoms with Crippen LogP contribution < -0.4 is 11.5 Å². The van der Waals surface area contributed by atoms with Crippen molar-refractivity contribution in [3.8, 4) is 0 Å². The SMILES string of the molecule is NCC(=O)c1ccc2c(c1)C1CCC2c2cc(C(=O)CN)ccc21. The molecule has 5 rings (SSSR count). The van der Waals surface area contributed by atoms with Crippen LogP contribution in [0.5, 0.6) is 0 Å². The second kappa shape index (κ2) is 5.65. The van der Waals surface area contributed by atoms with Crippen molar-refractivity contribution in [3.05, 3.63) is 69.8 Å². The molecule has 24 heavy (non-hydrogen) atoms. The fourth-order valence-corrected chi connectivity index (χ4v) is 4.26. The molecule has 0 amide bonds. The van der Waals surface area contributed by atoms with E-state index in [4.69, 9.17) is 11.5 Å². The number of nitrogens with two attached hydrogens (primary N) is 2. The van der Waals surface area contributed by atoms with Crippen molar-refractivity contribution in [2.75, 3.05) is 13.1 Å². The Morgan fingerprint density at radius 2 is 1.17 bits per heavy atom. The zero-order valence-corrected chi connectivity index (χ0v) is 13.4. The van der Waals surface area contributed by atoms with E-state index in [0.717, 1.165) is 12.8 Å². The molecule has 0 spiro atoms. The maximum Gasteiger partial charge on any atom is 0.176 e. The topological polar surface area (TPSA) is 86.2 Å². The smallest absolute Gasteiger partial charge is 0.176 e. The van der Waals surface area contributed by atoms with Gasteiger partial charge in [-0.05, 0) is 47.2 Å². The zero-order chi connectivity index (χ0) is 16.8. The molecule has 122 valence electrons. The van der Waals surface area contributed by atoms with E-state index in [2.05, 4.69) is 12.1 Å². The van der Waals surface area contributed by atoms with Crippen molar-refractivity contribution in [1.29, 1.82) is 0 Å². The maximum atomic E-state index is 11.9. The second-order valence-electron chi connectivity index (χ2n) is 6.62. The Morgan fingerprint density at radius 3 is 1.54 bits per heavy atom. The van der Waals surface area contributed by atoms with E-state index >= 15 is 0 Å². The number of Topliss-reactive ketones (excluding diaryl/α,β-unsaturated/α-hetero) is 2. The predicted molar refractivity (Wildman–Crippen MR) is 92.6 cm³/mol. The Labute approximate surface area is 140 Å². The lowest BCUT2D eigenvalue weighted by molar-refractivity contribution is 0.0993.